The molecule has 2 aliphatic heterocycles. The van der Waals surface area contributed by atoms with Gasteiger partial charge in [-0.15, -0.1) is 0 Å². The number of rotatable bonds is 11. The molecule has 2 aliphatic carbocycles. The van der Waals surface area contributed by atoms with E-state index in [0.717, 1.165) is 67.5 Å². The quantitative estimate of drug-likeness (QED) is 0.241. The molecule has 2 heterocycles. The second-order valence-corrected chi connectivity index (χ2v) is 12.5. The molecule has 1 saturated carbocycles. The molecule has 4 aliphatic rings. The molecule has 2 N–H and O–H groups in total. The van der Waals surface area contributed by atoms with Crippen molar-refractivity contribution in [3.8, 4) is 5.75 Å². The molecule has 9 nitrogen and oxygen atoms in total. The molecule has 2 amide bonds. The average molecular weight is 629 g/mol. The number of dihydropyridines is 1. The SMILES string of the molecule is CC1=C(OCCCN2CCOCC2)CC2N=CC=C(Oc3ccc(NC(=O)[C@]4(C(=O)Nc5ccc(F)cc5)C[C@H]4C)cc3C)C2=C1. The Morgan fingerprint density at radius 2 is 1.76 bits per heavy atom. The number of benzene rings is 2. The molecule has 0 radical (unpaired) electrons. The molecular weight excluding hydrogens is 587 g/mol. The number of halogens is 1. The third kappa shape index (κ3) is 6.93. The monoisotopic (exact) mass is 628 g/mol. The minimum absolute atomic E-state index is 0.0745. The highest BCUT2D eigenvalue weighted by Gasteiger charge is 2.63. The lowest BCUT2D eigenvalue weighted by molar-refractivity contribution is -0.131. The third-order valence-corrected chi connectivity index (χ3v) is 9.20. The lowest BCUT2D eigenvalue weighted by atomic mass is 9.91. The van der Waals surface area contributed by atoms with Gasteiger partial charge >= 0.3 is 0 Å². The van der Waals surface area contributed by atoms with Gasteiger partial charge in [0.15, 0.2) is 0 Å². The Kier molecular flexibility index (Phi) is 9.37. The number of hydrogen-bond acceptors (Lipinski definition) is 7. The van der Waals surface area contributed by atoms with E-state index in [9.17, 15) is 14.0 Å². The highest BCUT2D eigenvalue weighted by Crippen LogP contribution is 2.53. The summed E-state index contributed by atoms with van der Waals surface area (Å²) in [6.07, 6.45) is 7.85. The van der Waals surface area contributed by atoms with Crippen molar-refractivity contribution in [2.45, 2.75) is 46.1 Å². The molecule has 1 saturated heterocycles. The van der Waals surface area contributed by atoms with Gasteiger partial charge in [0.05, 0.1) is 25.9 Å². The molecule has 10 heteroatoms. The molecule has 1 unspecified atom stereocenters. The Balaban J connectivity index is 1.06. The third-order valence-electron chi connectivity index (χ3n) is 9.20. The van der Waals surface area contributed by atoms with Crippen molar-refractivity contribution in [3.63, 3.8) is 0 Å². The summed E-state index contributed by atoms with van der Waals surface area (Å²) < 4.78 is 31.3. The van der Waals surface area contributed by atoms with Crippen molar-refractivity contribution in [2.75, 3.05) is 50.1 Å². The average Bonchev–Trinajstić information content (AvgIpc) is 3.75. The highest BCUT2D eigenvalue weighted by atomic mass is 19.1. The summed E-state index contributed by atoms with van der Waals surface area (Å²) in [4.78, 5) is 33.6. The van der Waals surface area contributed by atoms with Crippen LogP contribution in [0.3, 0.4) is 0 Å². The number of amides is 2. The number of nitrogens with one attached hydrogen (secondary N) is 2. The molecule has 6 rings (SSSR count). The molecule has 0 spiro atoms. The first-order valence-electron chi connectivity index (χ1n) is 16.0. The van der Waals surface area contributed by atoms with E-state index in [4.69, 9.17) is 19.2 Å². The molecule has 0 bridgehead atoms. The van der Waals surface area contributed by atoms with Gasteiger partial charge in [-0.3, -0.25) is 19.5 Å². The number of nitrogens with zero attached hydrogens (tertiary/aromatic N) is 2. The standard InChI is InChI=1S/C36H41FN4O5/c1-23-19-28(40-35(43)36(22-25(36)3)34(42)39-27-7-5-26(37)6-8-27)9-10-31(23)46-32-11-12-38-30-21-33(24(2)20-29(30)32)45-16-4-13-41-14-17-44-18-15-41/h5-12,19-20,25,30H,4,13-18,21-22H2,1-3H3,(H,39,42)(H,40,43)/t25-,30?,36-/m1/s1. The van der Waals surface area contributed by atoms with Gasteiger partial charge in [0, 0.05) is 49.2 Å². The van der Waals surface area contributed by atoms with Crippen LogP contribution in [0, 0.1) is 24.1 Å². The number of aliphatic imine (C=N–C) groups is 1. The zero-order valence-corrected chi connectivity index (χ0v) is 26.6. The van der Waals surface area contributed by atoms with Crippen LogP contribution in [0.2, 0.25) is 0 Å². The maximum Gasteiger partial charge on any atom is 0.240 e. The van der Waals surface area contributed by atoms with E-state index >= 15 is 0 Å². The van der Waals surface area contributed by atoms with E-state index in [1.807, 2.05) is 32.1 Å². The maximum atomic E-state index is 13.4. The fraction of sp³-hybridized carbons (Fsp3) is 0.417. The second kappa shape index (κ2) is 13.6. The fourth-order valence-electron chi connectivity index (χ4n) is 6.25. The Labute approximate surface area is 269 Å². The van der Waals surface area contributed by atoms with Gasteiger partial charge in [-0.1, -0.05) is 6.92 Å². The number of carbonyl (C=O) groups is 2. The lowest BCUT2D eigenvalue weighted by Gasteiger charge is -2.29. The topological polar surface area (TPSA) is 101 Å². The van der Waals surface area contributed by atoms with E-state index < -0.39 is 17.1 Å². The maximum absolute atomic E-state index is 13.4. The Morgan fingerprint density at radius 1 is 1.07 bits per heavy atom. The van der Waals surface area contributed by atoms with Gasteiger partial charge in [-0.25, -0.2) is 4.39 Å². The summed E-state index contributed by atoms with van der Waals surface area (Å²) >= 11 is 0. The van der Waals surface area contributed by atoms with E-state index in [1.165, 1.54) is 24.3 Å². The van der Waals surface area contributed by atoms with Gasteiger partial charge in [-0.2, -0.15) is 0 Å². The molecule has 2 fully saturated rings. The van der Waals surface area contributed by atoms with Crippen LogP contribution >= 0.6 is 0 Å². The molecule has 0 aromatic heterocycles. The van der Waals surface area contributed by atoms with E-state index in [-0.39, 0.29) is 17.9 Å². The Bertz CT molecular complexity index is 1610. The van der Waals surface area contributed by atoms with Gasteiger partial charge in [-0.05, 0) is 98.4 Å². The van der Waals surface area contributed by atoms with Crippen molar-refractivity contribution in [2.24, 2.45) is 16.3 Å². The van der Waals surface area contributed by atoms with Crippen LogP contribution in [-0.4, -0.2) is 68.4 Å². The van der Waals surface area contributed by atoms with Crippen LogP contribution in [-0.2, 0) is 19.1 Å². The summed E-state index contributed by atoms with van der Waals surface area (Å²) in [6, 6.07) is 10.9. The van der Waals surface area contributed by atoms with Gasteiger partial charge in [0.25, 0.3) is 0 Å². The van der Waals surface area contributed by atoms with Crippen LogP contribution in [0.15, 0.2) is 82.3 Å². The largest absolute Gasteiger partial charge is 0.498 e. The van der Waals surface area contributed by atoms with Crippen LogP contribution in [0.25, 0.3) is 0 Å². The van der Waals surface area contributed by atoms with Gasteiger partial charge in [0.2, 0.25) is 11.8 Å². The molecular formula is C36H41FN4O5. The smallest absolute Gasteiger partial charge is 0.240 e. The number of carbonyl (C=O) groups excluding carboxylic acids is 2. The van der Waals surface area contributed by atoms with Crippen LogP contribution < -0.4 is 15.4 Å². The second-order valence-electron chi connectivity index (χ2n) is 12.5. The predicted molar refractivity (Wildman–Crippen MR) is 175 cm³/mol. The molecule has 2 aromatic carbocycles. The minimum Gasteiger partial charge on any atom is -0.498 e. The molecule has 3 atom stereocenters. The summed E-state index contributed by atoms with van der Waals surface area (Å²) in [6.45, 7) is 11.1. The van der Waals surface area contributed by atoms with Crippen LogP contribution in [0.4, 0.5) is 15.8 Å². The minimum atomic E-state index is -1.18. The van der Waals surface area contributed by atoms with Gasteiger partial charge in [0.1, 0.15) is 28.5 Å². The van der Waals surface area contributed by atoms with Crippen molar-refractivity contribution < 1.29 is 28.2 Å². The number of anilines is 2. The highest BCUT2D eigenvalue weighted by molar-refractivity contribution is 6.17. The first kappa shape index (κ1) is 31.7. The normalized spacial score (nSPS) is 24.0. The number of hydrogen-bond donors (Lipinski definition) is 2. The van der Waals surface area contributed by atoms with Crippen molar-refractivity contribution in [3.05, 3.63) is 88.7 Å². The van der Waals surface area contributed by atoms with Crippen molar-refractivity contribution >= 4 is 29.4 Å². The summed E-state index contributed by atoms with van der Waals surface area (Å²) in [5.74, 6) is 1.09. The molecule has 2 aromatic rings. The summed E-state index contributed by atoms with van der Waals surface area (Å²) in [7, 11) is 0. The first-order valence-corrected chi connectivity index (χ1v) is 16.0. The van der Waals surface area contributed by atoms with Crippen molar-refractivity contribution in [1.29, 1.82) is 0 Å². The molecule has 46 heavy (non-hydrogen) atoms. The molecule has 242 valence electrons. The summed E-state index contributed by atoms with van der Waals surface area (Å²) in [5.41, 5.74) is 2.76. The number of morpholine rings is 1. The Morgan fingerprint density at radius 3 is 2.46 bits per heavy atom. The number of fused-ring (bicyclic) bond motifs is 1. The van der Waals surface area contributed by atoms with E-state index in [1.54, 1.807) is 12.3 Å². The zero-order chi connectivity index (χ0) is 32.3. The zero-order valence-electron chi connectivity index (χ0n) is 26.6. The summed E-state index contributed by atoms with van der Waals surface area (Å²) in [5, 5.41) is 5.69. The Hall–Kier alpha value is -4.28. The van der Waals surface area contributed by atoms with E-state index in [2.05, 4.69) is 28.5 Å². The van der Waals surface area contributed by atoms with Crippen LogP contribution in [0.5, 0.6) is 5.75 Å². The predicted octanol–water partition coefficient (Wildman–Crippen LogP) is 5.80. The number of allylic oxidation sites excluding steroid dienone is 3. The number of aryl methyl sites for hydroxylation is 1. The van der Waals surface area contributed by atoms with Gasteiger partial charge < -0.3 is 24.8 Å². The van der Waals surface area contributed by atoms with Crippen molar-refractivity contribution in [1.82, 2.24) is 4.90 Å². The van der Waals surface area contributed by atoms with E-state index in [0.29, 0.717) is 36.6 Å². The fourth-order valence-corrected chi connectivity index (χ4v) is 6.25. The lowest BCUT2D eigenvalue weighted by Crippen LogP contribution is -2.37. The van der Waals surface area contributed by atoms with Crippen LogP contribution in [0.1, 0.15) is 38.7 Å². The number of ether oxygens (including phenoxy) is 3. The first-order chi connectivity index (χ1) is 22.2.